The van der Waals surface area contributed by atoms with E-state index < -0.39 is 9.85 Å². The van der Waals surface area contributed by atoms with E-state index in [0.29, 0.717) is 26.3 Å². The minimum absolute atomic E-state index is 0.0114. The molecule has 0 bridgehead atoms. The zero-order valence-electron chi connectivity index (χ0n) is 9.74. The lowest BCUT2D eigenvalue weighted by Gasteiger charge is -2.28. The second kappa shape index (κ2) is 5.37. The number of nitrogens with zero attached hydrogens (tertiary/aromatic N) is 3. The minimum atomic E-state index is -0.663. The molecule has 8 nitrogen and oxygen atoms in total. The summed E-state index contributed by atoms with van der Waals surface area (Å²) in [6.07, 6.45) is 0. The maximum atomic E-state index is 11.1. The predicted molar refractivity (Wildman–Crippen MR) is 67.8 cm³/mol. The Balaban J connectivity index is 2.59. The fraction of sp³-hybridized carbons (Fsp3) is 0.400. The van der Waals surface area contributed by atoms with Crippen molar-refractivity contribution < 1.29 is 14.6 Å². The number of anilines is 1. The van der Waals surface area contributed by atoms with Crippen LogP contribution in [0.5, 0.6) is 0 Å². The highest BCUT2D eigenvalue weighted by atomic mass is 35.5. The number of rotatable bonds is 3. The number of hydrogen-bond acceptors (Lipinski definition) is 6. The Hall–Kier alpha value is -1.93. The largest absolute Gasteiger partial charge is 0.378 e. The van der Waals surface area contributed by atoms with Crippen molar-refractivity contribution in [2.45, 2.75) is 0 Å². The van der Waals surface area contributed by atoms with Gasteiger partial charge in [0.2, 0.25) is 0 Å². The highest BCUT2D eigenvalue weighted by Gasteiger charge is 2.31. The maximum absolute atomic E-state index is 11.1. The summed E-state index contributed by atoms with van der Waals surface area (Å²) < 4.78 is 5.14. The van der Waals surface area contributed by atoms with Crippen molar-refractivity contribution in [3.63, 3.8) is 0 Å². The van der Waals surface area contributed by atoms with Crippen LogP contribution in [-0.4, -0.2) is 36.1 Å². The lowest BCUT2D eigenvalue weighted by Crippen LogP contribution is -2.37. The van der Waals surface area contributed by atoms with Gasteiger partial charge in [0.1, 0.15) is 0 Å². The van der Waals surface area contributed by atoms with E-state index in [-0.39, 0.29) is 22.1 Å². The number of ether oxygens (including phenoxy) is 1. The molecule has 19 heavy (non-hydrogen) atoms. The first kappa shape index (κ1) is 13.5. The van der Waals surface area contributed by atoms with Gasteiger partial charge in [0.05, 0.1) is 28.1 Å². The Bertz CT molecular complexity index is 495. The zero-order chi connectivity index (χ0) is 14.0. The highest BCUT2D eigenvalue weighted by molar-refractivity contribution is 6.31. The molecule has 1 aliphatic rings. The van der Waals surface area contributed by atoms with Crippen LogP contribution in [0.3, 0.4) is 0 Å². The average Bonchev–Trinajstić information content (AvgIpc) is 2.38. The molecule has 2 rings (SSSR count). The fourth-order valence-corrected chi connectivity index (χ4v) is 2.17. The number of benzene rings is 1. The van der Waals surface area contributed by atoms with Gasteiger partial charge in [-0.3, -0.25) is 20.2 Å². The summed E-state index contributed by atoms with van der Waals surface area (Å²) in [6, 6.07) is 2.25. The van der Waals surface area contributed by atoms with E-state index in [2.05, 4.69) is 0 Å². The molecule has 9 heteroatoms. The molecular weight excluding hydrogens is 278 g/mol. The van der Waals surface area contributed by atoms with Gasteiger partial charge in [0.15, 0.2) is 5.69 Å². The van der Waals surface area contributed by atoms with Crippen LogP contribution in [0.1, 0.15) is 0 Å². The first-order chi connectivity index (χ1) is 9.00. The first-order valence-electron chi connectivity index (χ1n) is 5.45. The Morgan fingerprint density at radius 2 is 1.58 bits per heavy atom. The quantitative estimate of drug-likeness (QED) is 0.622. The second-order valence-corrected chi connectivity index (χ2v) is 4.34. The van der Waals surface area contributed by atoms with Crippen molar-refractivity contribution in [3.8, 4) is 0 Å². The van der Waals surface area contributed by atoms with Gasteiger partial charge < -0.3 is 9.64 Å². The predicted octanol–water partition coefficient (Wildman–Crippen LogP) is 1.99. The molecule has 1 aliphatic heterocycles. The average molecular weight is 288 g/mol. The van der Waals surface area contributed by atoms with Crippen LogP contribution in [0, 0.1) is 20.2 Å². The smallest absolute Gasteiger partial charge is 0.301 e. The van der Waals surface area contributed by atoms with Crippen LogP contribution < -0.4 is 4.90 Å². The third-order valence-corrected chi connectivity index (χ3v) is 2.97. The molecule has 102 valence electrons. The normalized spacial score (nSPS) is 15.3. The van der Waals surface area contributed by atoms with E-state index in [4.69, 9.17) is 16.3 Å². The highest BCUT2D eigenvalue weighted by Crippen LogP contribution is 2.40. The number of morpholine rings is 1. The molecule has 0 unspecified atom stereocenters. The minimum Gasteiger partial charge on any atom is -0.378 e. The number of halogens is 1. The van der Waals surface area contributed by atoms with Gasteiger partial charge in [-0.25, -0.2) is 0 Å². The molecule has 0 atom stereocenters. The van der Waals surface area contributed by atoms with Gasteiger partial charge in [0.25, 0.3) is 0 Å². The van der Waals surface area contributed by atoms with Crippen molar-refractivity contribution >= 4 is 28.7 Å². The van der Waals surface area contributed by atoms with E-state index in [0.717, 1.165) is 12.1 Å². The molecule has 0 radical (unpaired) electrons. The maximum Gasteiger partial charge on any atom is 0.301 e. The first-order valence-corrected chi connectivity index (χ1v) is 5.83. The lowest BCUT2D eigenvalue weighted by molar-refractivity contribution is -0.392. The molecular formula is C10H10ClN3O5. The van der Waals surface area contributed by atoms with Crippen molar-refractivity contribution in [2.75, 3.05) is 31.2 Å². The molecule has 0 amide bonds. The molecule has 1 aromatic rings. The summed E-state index contributed by atoms with van der Waals surface area (Å²) in [4.78, 5) is 22.4. The lowest BCUT2D eigenvalue weighted by atomic mass is 10.2. The van der Waals surface area contributed by atoms with Crippen LogP contribution in [-0.2, 0) is 4.74 Å². The summed E-state index contributed by atoms with van der Waals surface area (Å²) in [5, 5.41) is 22.1. The SMILES string of the molecule is O=[N+]([O-])c1cc(Cl)cc([N+](=O)[O-])c1N1CCOCC1. The van der Waals surface area contributed by atoms with Crippen molar-refractivity contribution in [3.05, 3.63) is 37.4 Å². The van der Waals surface area contributed by atoms with Crippen molar-refractivity contribution in [2.24, 2.45) is 0 Å². The monoisotopic (exact) mass is 287 g/mol. The standard InChI is InChI=1S/C10H10ClN3O5/c11-7-5-8(13(15)16)10(9(6-7)14(17)18)12-1-3-19-4-2-12/h5-6H,1-4H2. The van der Waals surface area contributed by atoms with Gasteiger partial charge >= 0.3 is 11.4 Å². The molecule has 0 N–H and O–H groups in total. The molecule has 0 aliphatic carbocycles. The van der Waals surface area contributed by atoms with Crippen LogP contribution in [0.15, 0.2) is 12.1 Å². The van der Waals surface area contributed by atoms with Crippen LogP contribution in [0.4, 0.5) is 17.1 Å². The van der Waals surface area contributed by atoms with Gasteiger partial charge in [-0.2, -0.15) is 0 Å². The Kier molecular flexibility index (Phi) is 3.82. The number of nitro benzene ring substituents is 2. The molecule has 0 saturated carbocycles. The number of hydrogen-bond donors (Lipinski definition) is 0. The van der Waals surface area contributed by atoms with Crippen LogP contribution in [0.2, 0.25) is 5.02 Å². The van der Waals surface area contributed by atoms with E-state index in [1.165, 1.54) is 0 Å². The molecule has 0 aromatic heterocycles. The molecule has 1 saturated heterocycles. The van der Waals surface area contributed by atoms with Crippen LogP contribution in [0.25, 0.3) is 0 Å². The van der Waals surface area contributed by atoms with E-state index >= 15 is 0 Å². The van der Waals surface area contributed by atoms with E-state index in [1.54, 1.807) is 4.90 Å². The summed E-state index contributed by atoms with van der Waals surface area (Å²) >= 11 is 5.70. The molecule has 1 fully saturated rings. The summed E-state index contributed by atoms with van der Waals surface area (Å²) in [5.74, 6) is 0. The Labute approximate surface area is 112 Å². The molecule has 1 heterocycles. The summed E-state index contributed by atoms with van der Waals surface area (Å²) in [7, 11) is 0. The third-order valence-electron chi connectivity index (χ3n) is 2.76. The molecule has 1 aromatic carbocycles. The summed E-state index contributed by atoms with van der Waals surface area (Å²) in [6.45, 7) is 1.47. The Morgan fingerprint density at radius 3 is 2.00 bits per heavy atom. The van der Waals surface area contributed by atoms with Crippen molar-refractivity contribution in [1.29, 1.82) is 0 Å². The van der Waals surface area contributed by atoms with Crippen molar-refractivity contribution in [1.82, 2.24) is 0 Å². The summed E-state index contributed by atoms with van der Waals surface area (Å²) in [5.41, 5.74) is -0.732. The van der Waals surface area contributed by atoms with Crippen LogP contribution >= 0.6 is 11.6 Å². The molecule has 0 spiro atoms. The van der Waals surface area contributed by atoms with Gasteiger partial charge in [-0.15, -0.1) is 0 Å². The topological polar surface area (TPSA) is 98.8 Å². The van der Waals surface area contributed by atoms with E-state index in [9.17, 15) is 20.2 Å². The van der Waals surface area contributed by atoms with Gasteiger partial charge in [-0.1, -0.05) is 11.6 Å². The Morgan fingerprint density at radius 1 is 1.11 bits per heavy atom. The van der Waals surface area contributed by atoms with E-state index in [1.807, 2.05) is 0 Å². The fourth-order valence-electron chi connectivity index (χ4n) is 1.96. The van der Waals surface area contributed by atoms with Gasteiger partial charge in [-0.05, 0) is 0 Å². The second-order valence-electron chi connectivity index (χ2n) is 3.91. The van der Waals surface area contributed by atoms with Gasteiger partial charge in [0, 0.05) is 25.2 Å². The number of nitro groups is 2. The third kappa shape index (κ3) is 2.74. The zero-order valence-corrected chi connectivity index (χ0v) is 10.5.